The number of ether oxygens (including phenoxy) is 1. The number of benzene rings is 1. The zero-order chi connectivity index (χ0) is 12.5. The largest absolute Gasteiger partial charge is 0.369 e. The van der Waals surface area contributed by atoms with Gasteiger partial charge in [0.15, 0.2) is 0 Å². The van der Waals surface area contributed by atoms with Crippen molar-refractivity contribution in [2.24, 2.45) is 17.3 Å². The van der Waals surface area contributed by atoms with Gasteiger partial charge in [-0.15, -0.1) is 0 Å². The molecule has 0 unspecified atom stereocenters. The molecule has 3 nitrogen and oxygen atoms in total. The first-order chi connectivity index (χ1) is 8.58. The lowest BCUT2D eigenvalue weighted by atomic mass is 9.43. The zero-order valence-electron chi connectivity index (χ0n) is 10.7. The Balaban J connectivity index is 1.97. The monoisotopic (exact) mass is 243 g/mol. The Hall–Kier alpha value is -1.35. The fourth-order valence-electron chi connectivity index (χ4n) is 4.62. The molecule has 1 aromatic carbocycles. The molecule has 1 amide bonds. The van der Waals surface area contributed by atoms with Gasteiger partial charge < -0.3 is 10.1 Å². The van der Waals surface area contributed by atoms with Crippen LogP contribution < -0.4 is 5.32 Å². The molecule has 2 heterocycles. The van der Waals surface area contributed by atoms with E-state index >= 15 is 0 Å². The highest BCUT2D eigenvalue weighted by atomic mass is 16.5. The summed E-state index contributed by atoms with van der Waals surface area (Å²) in [6, 6.07) is 8.08. The molecule has 3 heteroatoms. The molecular formula is C15H17NO2. The molecule has 1 saturated heterocycles. The van der Waals surface area contributed by atoms with Crippen molar-refractivity contribution in [2.75, 3.05) is 11.9 Å². The molecule has 4 rings (SSSR count). The van der Waals surface area contributed by atoms with E-state index in [0.29, 0.717) is 5.92 Å². The number of carbonyl (C=O) groups is 1. The second kappa shape index (κ2) is 2.97. The van der Waals surface area contributed by atoms with Gasteiger partial charge in [-0.3, -0.25) is 4.79 Å². The predicted octanol–water partition coefficient (Wildman–Crippen LogP) is 2.53. The molecular weight excluding hydrogens is 226 g/mol. The van der Waals surface area contributed by atoms with Gasteiger partial charge in [-0.1, -0.05) is 32.0 Å². The van der Waals surface area contributed by atoms with Crippen LogP contribution in [0.4, 0.5) is 5.69 Å². The molecule has 2 fully saturated rings. The van der Waals surface area contributed by atoms with Gasteiger partial charge in [0.25, 0.3) is 0 Å². The van der Waals surface area contributed by atoms with Gasteiger partial charge in [0, 0.05) is 23.8 Å². The maximum absolute atomic E-state index is 12.4. The number of hydrogen-bond acceptors (Lipinski definition) is 2. The fraction of sp³-hybridized carbons (Fsp3) is 0.533. The summed E-state index contributed by atoms with van der Waals surface area (Å²) in [6.07, 6.45) is 1.06. The van der Waals surface area contributed by atoms with Crippen LogP contribution in [0.2, 0.25) is 0 Å². The minimum atomic E-state index is -0.345. The highest BCUT2D eigenvalue weighted by Gasteiger charge is 2.74. The van der Waals surface area contributed by atoms with Crippen LogP contribution in [0.3, 0.4) is 0 Å². The number of para-hydroxylation sites is 1. The molecule has 1 spiro atoms. The van der Waals surface area contributed by atoms with Gasteiger partial charge in [-0.05, 0) is 17.9 Å². The average molecular weight is 243 g/mol. The van der Waals surface area contributed by atoms with E-state index in [1.165, 1.54) is 5.56 Å². The van der Waals surface area contributed by atoms with E-state index in [4.69, 9.17) is 4.74 Å². The molecule has 2 aliphatic heterocycles. The second-order valence-electron chi connectivity index (χ2n) is 6.27. The van der Waals surface area contributed by atoms with Gasteiger partial charge in [0.2, 0.25) is 5.91 Å². The van der Waals surface area contributed by atoms with Crippen LogP contribution in [0, 0.1) is 17.3 Å². The van der Waals surface area contributed by atoms with E-state index in [9.17, 15) is 4.79 Å². The minimum Gasteiger partial charge on any atom is -0.369 e. The molecule has 1 saturated carbocycles. The van der Waals surface area contributed by atoms with Crippen molar-refractivity contribution in [3.8, 4) is 0 Å². The Bertz CT molecular complexity index is 551. The van der Waals surface area contributed by atoms with Gasteiger partial charge >= 0.3 is 0 Å². The molecule has 3 aliphatic rings. The molecule has 3 atom stereocenters. The predicted molar refractivity (Wildman–Crippen MR) is 68.1 cm³/mol. The second-order valence-corrected chi connectivity index (χ2v) is 6.27. The highest BCUT2D eigenvalue weighted by molar-refractivity contribution is 5.99. The van der Waals surface area contributed by atoms with Crippen molar-refractivity contribution in [2.45, 2.75) is 25.9 Å². The highest BCUT2D eigenvalue weighted by Crippen LogP contribution is 2.71. The van der Waals surface area contributed by atoms with Crippen LogP contribution in [-0.2, 0) is 15.1 Å². The quantitative estimate of drug-likeness (QED) is 0.760. The van der Waals surface area contributed by atoms with Gasteiger partial charge in [0.05, 0.1) is 5.92 Å². The lowest BCUT2D eigenvalue weighted by Crippen LogP contribution is -2.68. The van der Waals surface area contributed by atoms with Crippen LogP contribution in [0.1, 0.15) is 25.8 Å². The summed E-state index contributed by atoms with van der Waals surface area (Å²) in [5, 5.41) is 3.04. The molecule has 94 valence electrons. The van der Waals surface area contributed by atoms with Crippen molar-refractivity contribution in [1.29, 1.82) is 0 Å². The summed E-state index contributed by atoms with van der Waals surface area (Å²) < 4.78 is 6.12. The van der Waals surface area contributed by atoms with E-state index < -0.39 is 0 Å². The van der Waals surface area contributed by atoms with E-state index in [2.05, 4.69) is 25.2 Å². The molecule has 18 heavy (non-hydrogen) atoms. The average Bonchev–Trinajstić information content (AvgIpc) is 2.70. The van der Waals surface area contributed by atoms with E-state index in [1.807, 2.05) is 18.2 Å². The minimum absolute atomic E-state index is 0.0358. The number of amides is 1. The third kappa shape index (κ3) is 0.914. The molecule has 0 radical (unpaired) electrons. The van der Waals surface area contributed by atoms with Crippen LogP contribution in [0.25, 0.3) is 0 Å². The number of hydrogen-bond donors (Lipinski definition) is 1. The third-order valence-electron chi connectivity index (χ3n) is 5.20. The Morgan fingerprint density at radius 3 is 2.94 bits per heavy atom. The van der Waals surface area contributed by atoms with Crippen molar-refractivity contribution in [1.82, 2.24) is 0 Å². The summed E-state index contributed by atoms with van der Waals surface area (Å²) in [4.78, 5) is 12.4. The maximum atomic E-state index is 12.4. The Morgan fingerprint density at radius 1 is 1.33 bits per heavy atom. The lowest BCUT2D eigenvalue weighted by molar-refractivity contribution is -0.223. The van der Waals surface area contributed by atoms with Crippen molar-refractivity contribution < 1.29 is 9.53 Å². The van der Waals surface area contributed by atoms with Crippen LogP contribution >= 0.6 is 0 Å². The summed E-state index contributed by atoms with van der Waals surface area (Å²) in [6.45, 7) is 5.16. The van der Waals surface area contributed by atoms with Crippen molar-refractivity contribution >= 4 is 11.6 Å². The number of carbonyl (C=O) groups excluding carboxylic acids is 1. The Labute approximate surface area is 107 Å². The maximum Gasteiger partial charge on any atom is 0.231 e. The fourth-order valence-corrected chi connectivity index (χ4v) is 4.62. The van der Waals surface area contributed by atoms with Crippen molar-refractivity contribution in [3.05, 3.63) is 29.8 Å². The first-order valence-corrected chi connectivity index (χ1v) is 6.63. The first kappa shape index (κ1) is 10.6. The van der Waals surface area contributed by atoms with Crippen LogP contribution in [0.15, 0.2) is 24.3 Å². The van der Waals surface area contributed by atoms with Gasteiger partial charge in [-0.25, -0.2) is 0 Å². The topological polar surface area (TPSA) is 38.3 Å². The van der Waals surface area contributed by atoms with Gasteiger partial charge in [0.1, 0.15) is 5.60 Å². The van der Waals surface area contributed by atoms with E-state index in [-0.39, 0.29) is 22.8 Å². The standard InChI is InChI=1S/C15H17NO2/c1-14(2)11-7-8-18-15(11)9-5-3-4-6-10(9)16-13(17)12(14)15/h3-6,11-12H,7-8H2,1-2H3,(H,16,17)/t11-,12-,15-/m1/s1. The third-order valence-corrected chi connectivity index (χ3v) is 5.20. The van der Waals surface area contributed by atoms with E-state index in [1.54, 1.807) is 0 Å². The summed E-state index contributed by atoms with van der Waals surface area (Å²) in [5.74, 6) is 0.534. The van der Waals surface area contributed by atoms with Gasteiger partial charge in [-0.2, -0.15) is 0 Å². The molecule has 1 aromatic rings. The molecule has 0 aromatic heterocycles. The Kier molecular flexibility index (Phi) is 1.74. The molecule has 1 aliphatic carbocycles. The number of rotatable bonds is 0. The first-order valence-electron chi connectivity index (χ1n) is 6.63. The number of fused-ring (bicyclic) bond motifs is 1. The van der Waals surface area contributed by atoms with E-state index in [0.717, 1.165) is 18.7 Å². The van der Waals surface area contributed by atoms with Crippen LogP contribution in [0.5, 0.6) is 0 Å². The number of nitrogens with one attached hydrogen (secondary N) is 1. The Morgan fingerprint density at radius 2 is 2.11 bits per heavy atom. The SMILES string of the molecule is CC1(C)[C@H]2CCO[C@]23c2ccccc2NC(=O)[C@H]13. The molecule has 1 N–H and O–H groups in total. The normalized spacial score (nSPS) is 39.1. The lowest BCUT2D eigenvalue weighted by Gasteiger charge is -2.63. The summed E-state index contributed by atoms with van der Waals surface area (Å²) in [7, 11) is 0. The van der Waals surface area contributed by atoms with Crippen LogP contribution in [-0.4, -0.2) is 12.5 Å². The smallest absolute Gasteiger partial charge is 0.231 e. The summed E-state index contributed by atoms with van der Waals surface area (Å²) in [5.41, 5.74) is 1.80. The summed E-state index contributed by atoms with van der Waals surface area (Å²) >= 11 is 0. The van der Waals surface area contributed by atoms with Crippen molar-refractivity contribution in [3.63, 3.8) is 0 Å². The molecule has 0 bridgehead atoms. The number of anilines is 1. The zero-order valence-corrected chi connectivity index (χ0v) is 10.7.